The quantitative estimate of drug-likeness (QED) is 0.605. The molecule has 0 aliphatic heterocycles. The SMILES string of the molecule is C=CCSC1CCC(=O)CC1. The molecule has 0 radical (unpaired) electrons. The van der Waals surface area contributed by atoms with Gasteiger partial charge in [-0.1, -0.05) is 6.08 Å². The van der Waals surface area contributed by atoms with Crippen LogP contribution in [0.2, 0.25) is 0 Å². The van der Waals surface area contributed by atoms with Crippen molar-refractivity contribution >= 4 is 17.5 Å². The summed E-state index contributed by atoms with van der Waals surface area (Å²) in [5.41, 5.74) is 0. The number of Topliss-reactive ketones (excluding diaryl/α,β-unsaturated/α-hetero) is 1. The van der Waals surface area contributed by atoms with E-state index in [1.54, 1.807) is 0 Å². The second kappa shape index (κ2) is 4.60. The Morgan fingerprint density at radius 3 is 2.73 bits per heavy atom. The molecule has 0 atom stereocenters. The summed E-state index contributed by atoms with van der Waals surface area (Å²) in [4.78, 5) is 10.9. The average Bonchev–Trinajstić information content (AvgIpc) is 2.04. The average molecular weight is 170 g/mol. The molecule has 0 aromatic carbocycles. The number of hydrogen-bond acceptors (Lipinski definition) is 2. The molecule has 1 nitrogen and oxygen atoms in total. The van der Waals surface area contributed by atoms with Crippen LogP contribution in [0.4, 0.5) is 0 Å². The lowest BCUT2D eigenvalue weighted by Crippen LogP contribution is -2.15. The van der Waals surface area contributed by atoms with Gasteiger partial charge >= 0.3 is 0 Å². The highest BCUT2D eigenvalue weighted by atomic mass is 32.2. The molecule has 0 N–H and O–H groups in total. The fraction of sp³-hybridized carbons (Fsp3) is 0.667. The lowest BCUT2D eigenvalue weighted by molar-refractivity contribution is -0.120. The van der Waals surface area contributed by atoms with E-state index < -0.39 is 0 Å². The third-order valence-electron chi connectivity index (χ3n) is 1.94. The first-order chi connectivity index (χ1) is 5.33. The van der Waals surface area contributed by atoms with Crippen LogP contribution in [0, 0.1) is 0 Å². The Labute approximate surface area is 72.2 Å². The van der Waals surface area contributed by atoms with Crippen LogP contribution in [0.25, 0.3) is 0 Å². The second-order valence-corrected chi connectivity index (χ2v) is 4.19. The van der Waals surface area contributed by atoms with Crippen LogP contribution in [0.5, 0.6) is 0 Å². The Hall–Kier alpha value is -0.240. The standard InChI is InChI=1S/C9H14OS/c1-2-7-11-9-5-3-8(10)4-6-9/h2,9H,1,3-7H2. The molecule has 0 spiro atoms. The number of rotatable bonds is 3. The normalized spacial score (nSPS) is 20.2. The summed E-state index contributed by atoms with van der Waals surface area (Å²) in [5, 5.41) is 0.714. The number of carbonyl (C=O) groups excluding carboxylic acids is 1. The summed E-state index contributed by atoms with van der Waals surface area (Å²) in [7, 11) is 0. The maximum atomic E-state index is 10.9. The molecule has 0 amide bonds. The zero-order chi connectivity index (χ0) is 8.10. The predicted octanol–water partition coefficient (Wildman–Crippen LogP) is 2.42. The molecule has 62 valence electrons. The Kier molecular flexibility index (Phi) is 3.70. The van der Waals surface area contributed by atoms with E-state index in [4.69, 9.17) is 0 Å². The van der Waals surface area contributed by atoms with Gasteiger partial charge in [0.1, 0.15) is 5.78 Å². The monoisotopic (exact) mass is 170 g/mol. The molecule has 1 rings (SSSR count). The molecule has 0 saturated heterocycles. The third-order valence-corrected chi connectivity index (χ3v) is 3.31. The summed E-state index contributed by atoms with van der Waals surface area (Å²) < 4.78 is 0. The highest BCUT2D eigenvalue weighted by Gasteiger charge is 2.17. The zero-order valence-corrected chi connectivity index (χ0v) is 7.53. The first-order valence-corrected chi connectivity index (χ1v) is 5.12. The van der Waals surface area contributed by atoms with Crippen molar-refractivity contribution in [3.63, 3.8) is 0 Å². The van der Waals surface area contributed by atoms with E-state index in [0.717, 1.165) is 31.4 Å². The van der Waals surface area contributed by atoms with Crippen LogP contribution in [-0.2, 0) is 4.79 Å². The van der Waals surface area contributed by atoms with E-state index in [1.807, 2.05) is 17.8 Å². The van der Waals surface area contributed by atoms with Gasteiger partial charge in [0.2, 0.25) is 0 Å². The summed E-state index contributed by atoms with van der Waals surface area (Å²) in [6, 6.07) is 0. The van der Waals surface area contributed by atoms with Gasteiger partial charge in [0.25, 0.3) is 0 Å². The van der Waals surface area contributed by atoms with Crippen LogP contribution < -0.4 is 0 Å². The highest BCUT2D eigenvalue weighted by molar-refractivity contribution is 8.00. The van der Waals surface area contributed by atoms with Gasteiger partial charge in [0.15, 0.2) is 0 Å². The number of carbonyl (C=O) groups is 1. The van der Waals surface area contributed by atoms with E-state index in [0.29, 0.717) is 11.0 Å². The molecule has 1 fully saturated rings. The number of thioether (sulfide) groups is 1. The van der Waals surface area contributed by atoms with E-state index >= 15 is 0 Å². The Morgan fingerprint density at radius 2 is 2.18 bits per heavy atom. The van der Waals surface area contributed by atoms with Crippen molar-refractivity contribution in [3.8, 4) is 0 Å². The number of ketones is 1. The molecule has 1 aliphatic rings. The third kappa shape index (κ3) is 3.10. The maximum absolute atomic E-state index is 10.9. The molecule has 11 heavy (non-hydrogen) atoms. The van der Waals surface area contributed by atoms with Gasteiger partial charge < -0.3 is 0 Å². The molecule has 2 heteroatoms. The Bertz CT molecular complexity index is 141. The Balaban J connectivity index is 2.16. The van der Waals surface area contributed by atoms with Gasteiger partial charge in [-0.3, -0.25) is 4.79 Å². The van der Waals surface area contributed by atoms with Gasteiger partial charge in [-0.15, -0.1) is 6.58 Å². The summed E-state index contributed by atoms with van der Waals surface area (Å²) in [6.45, 7) is 3.67. The molecule has 0 bridgehead atoms. The van der Waals surface area contributed by atoms with Crippen molar-refractivity contribution in [2.75, 3.05) is 5.75 Å². The topological polar surface area (TPSA) is 17.1 Å². The second-order valence-electron chi connectivity index (χ2n) is 2.86. The zero-order valence-electron chi connectivity index (χ0n) is 6.71. The molecule has 0 aromatic heterocycles. The summed E-state index contributed by atoms with van der Waals surface area (Å²) >= 11 is 1.93. The maximum Gasteiger partial charge on any atom is 0.132 e. The molecule has 1 aliphatic carbocycles. The largest absolute Gasteiger partial charge is 0.300 e. The highest BCUT2D eigenvalue weighted by Crippen LogP contribution is 2.26. The summed E-state index contributed by atoms with van der Waals surface area (Å²) in [5.74, 6) is 1.47. The fourth-order valence-electron chi connectivity index (χ4n) is 1.28. The van der Waals surface area contributed by atoms with Gasteiger partial charge in [-0.05, 0) is 12.8 Å². The van der Waals surface area contributed by atoms with Crippen molar-refractivity contribution in [1.29, 1.82) is 0 Å². The first-order valence-electron chi connectivity index (χ1n) is 4.07. The summed E-state index contributed by atoms with van der Waals surface area (Å²) in [6.07, 6.45) is 5.69. The minimum Gasteiger partial charge on any atom is -0.300 e. The van der Waals surface area contributed by atoms with E-state index in [9.17, 15) is 4.79 Å². The molecular formula is C9H14OS. The minimum atomic E-state index is 0.445. The minimum absolute atomic E-state index is 0.445. The van der Waals surface area contributed by atoms with Crippen molar-refractivity contribution in [1.82, 2.24) is 0 Å². The molecule has 0 aromatic rings. The number of hydrogen-bond donors (Lipinski definition) is 0. The van der Waals surface area contributed by atoms with Gasteiger partial charge in [0.05, 0.1) is 0 Å². The van der Waals surface area contributed by atoms with Crippen LogP contribution >= 0.6 is 11.8 Å². The smallest absolute Gasteiger partial charge is 0.132 e. The van der Waals surface area contributed by atoms with E-state index in [1.165, 1.54) is 0 Å². The van der Waals surface area contributed by atoms with Crippen LogP contribution in [-0.4, -0.2) is 16.8 Å². The predicted molar refractivity (Wildman–Crippen MR) is 49.9 cm³/mol. The van der Waals surface area contributed by atoms with Gasteiger partial charge in [-0.25, -0.2) is 0 Å². The Morgan fingerprint density at radius 1 is 1.55 bits per heavy atom. The fourth-order valence-corrected chi connectivity index (χ4v) is 2.26. The van der Waals surface area contributed by atoms with Crippen molar-refractivity contribution in [3.05, 3.63) is 12.7 Å². The van der Waals surface area contributed by atoms with Crippen molar-refractivity contribution in [2.45, 2.75) is 30.9 Å². The van der Waals surface area contributed by atoms with Gasteiger partial charge in [-0.2, -0.15) is 11.8 Å². The van der Waals surface area contributed by atoms with E-state index in [-0.39, 0.29) is 0 Å². The van der Waals surface area contributed by atoms with Crippen LogP contribution in [0.1, 0.15) is 25.7 Å². The van der Waals surface area contributed by atoms with Crippen molar-refractivity contribution < 1.29 is 4.79 Å². The van der Waals surface area contributed by atoms with Crippen molar-refractivity contribution in [2.24, 2.45) is 0 Å². The molecule has 1 saturated carbocycles. The molecular weight excluding hydrogens is 156 g/mol. The lowest BCUT2D eigenvalue weighted by Gasteiger charge is -2.19. The van der Waals surface area contributed by atoms with Crippen LogP contribution in [0.3, 0.4) is 0 Å². The van der Waals surface area contributed by atoms with E-state index in [2.05, 4.69) is 6.58 Å². The van der Waals surface area contributed by atoms with Crippen LogP contribution in [0.15, 0.2) is 12.7 Å². The molecule has 0 unspecified atom stereocenters. The first kappa shape index (κ1) is 8.85. The lowest BCUT2D eigenvalue weighted by atomic mass is 9.99. The van der Waals surface area contributed by atoms with Gasteiger partial charge in [0, 0.05) is 23.8 Å². The molecule has 0 heterocycles.